The van der Waals surface area contributed by atoms with Crippen molar-refractivity contribution in [3.05, 3.63) is 24.0 Å². The van der Waals surface area contributed by atoms with Gasteiger partial charge < -0.3 is 10.2 Å². The van der Waals surface area contributed by atoms with E-state index in [-0.39, 0.29) is 12.5 Å². The van der Waals surface area contributed by atoms with Gasteiger partial charge in [-0.3, -0.25) is 9.78 Å². The molecule has 0 bridgehead atoms. The second-order valence-electron chi connectivity index (χ2n) is 3.03. The number of nitriles is 1. The van der Waals surface area contributed by atoms with E-state index in [1.165, 1.54) is 0 Å². The van der Waals surface area contributed by atoms with Crippen LogP contribution in [0.4, 0.5) is 5.69 Å². The number of pyridine rings is 1. The summed E-state index contributed by atoms with van der Waals surface area (Å²) in [5, 5.41) is 11.4. The molecular weight excluding hydrogens is 192 g/mol. The molecule has 0 aliphatic heterocycles. The molecular formula is C10H12N4O. The highest BCUT2D eigenvalue weighted by Crippen LogP contribution is 2.15. The molecule has 5 heteroatoms. The van der Waals surface area contributed by atoms with E-state index in [2.05, 4.69) is 16.4 Å². The summed E-state index contributed by atoms with van der Waals surface area (Å²) in [5.74, 6) is -0.106. The van der Waals surface area contributed by atoms with Crippen LogP contribution >= 0.6 is 0 Å². The summed E-state index contributed by atoms with van der Waals surface area (Å²) >= 11 is 0. The summed E-state index contributed by atoms with van der Waals surface area (Å²) in [4.78, 5) is 16.7. The molecule has 1 rings (SSSR count). The molecule has 0 unspecified atom stereocenters. The summed E-state index contributed by atoms with van der Waals surface area (Å²) in [6, 6.07) is 3.68. The summed E-state index contributed by atoms with van der Waals surface area (Å²) in [6.07, 6.45) is 3.12. The fourth-order valence-corrected chi connectivity index (χ4v) is 1.16. The zero-order valence-electron chi connectivity index (χ0n) is 8.69. The Balaban J connectivity index is 2.87. The van der Waals surface area contributed by atoms with Crippen molar-refractivity contribution in [3.8, 4) is 6.07 Å². The molecule has 0 aliphatic carbocycles. The Morgan fingerprint density at radius 1 is 1.73 bits per heavy atom. The molecule has 0 radical (unpaired) electrons. The third kappa shape index (κ3) is 2.68. The van der Waals surface area contributed by atoms with Crippen molar-refractivity contribution in [2.45, 2.75) is 0 Å². The van der Waals surface area contributed by atoms with Crippen LogP contribution in [-0.2, 0) is 4.79 Å². The lowest BCUT2D eigenvalue weighted by atomic mass is 10.2. The highest BCUT2D eigenvalue weighted by molar-refractivity contribution is 5.81. The second kappa shape index (κ2) is 4.96. The van der Waals surface area contributed by atoms with Crippen molar-refractivity contribution >= 4 is 11.6 Å². The molecule has 5 nitrogen and oxygen atoms in total. The number of hydrogen-bond acceptors (Lipinski definition) is 4. The number of rotatable bonds is 3. The Kier molecular flexibility index (Phi) is 3.63. The molecule has 1 heterocycles. The lowest BCUT2D eigenvalue weighted by Crippen LogP contribution is -2.33. The maximum absolute atomic E-state index is 11.1. The number of likely N-dealkylation sites (N-methyl/N-ethyl adjacent to an activating group) is 2. The van der Waals surface area contributed by atoms with Crippen molar-refractivity contribution < 1.29 is 4.79 Å². The van der Waals surface area contributed by atoms with Gasteiger partial charge in [0.1, 0.15) is 6.07 Å². The van der Waals surface area contributed by atoms with Crippen LogP contribution in [0.25, 0.3) is 0 Å². The van der Waals surface area contributed by atoms with E-state index in [0.717, 1.165) is 0 Å². The van der Waals surface area contributed by atoms with Gasteiger partial charge in [-0.05, 0) is 6.07 Å². The number of nitrogens with one attached hydrogen (secondary N) is 1. The fraction of sp³-hybridized carbons (Fsp3) is 0.300. The molecule has 0 aliphatic rings. The van der Waals surface area contributed by atoms with Gasteiger partial charge in [-0.1, -0.05) is 0 Å². The summed E-state index contributed by atoms with van der Waals surface area (Å²) in [6.45, 7) is 0.205. The van der Waals surface area contributed by atoms with Crippen molar-refractivity contribution in [3.63, 3.8) is 0 Å². The molecule has 0 saturated carbocycles. The molecule has 0 spiro atoms. The Hall–Kier alpha value is -2.09. The predicted molar refractivity (Wildman–Crippen MR) is 56.3 cm³/mol. The highest BCUT2D eigenvalue weighted by atomic mass is 16.1. The number of hydrogen-bond donors (Lipinski definition) is 1. The predicted octanol–water partition coefficient (Wildman–Crippen LogP) is 0.135. The van der Waals surface area contributed by atoms with Gasteiger partial charge in [-0.2, -0.15) is 5.26 Å². The average molecular weight is 204 g/mol. The third-order valence-electron chi connectivity index (χ3n) is 1.99. The maximum Gasteiger partial charge on any atom is 0.239 e. The van der Waals surface area contributed by atoms with Gasteiger partial charge in [0.2, 0.25) is 5.91 Å². The number of amides is 1. The largest absolute Gasteiger partial charge is 0.363 e. The molecule has 0 saturated heterocycles. The molecule has 1 amide bonds. The number of carbonyl (C=O) groups is 1. The van der Waals surface area contributed by atoms with Crippen molar-refractivity contribution in [2.24, 2.45) is 0 Å². The van der Waals surface area contributed by atoms with Gasteiger partial charge in [0, 0.05) is 20.3 Å². The zero-order chi connectivity index (χ0) is 11.3. The van der Waals surface area contributed by atoms with Crippen LogP contribution in [0.1, 0.15) is 5.56 Å². The topological polar surface area (TPSA) is 69.0 Å². The van der Waals surface area contributed by atoms with Crippen molar-refractivity contribution in [2.75, 3.05) is 25.5 Å². The normalized spacial score (nSPS) is 9.13. The number of nitrogens with zero attached hydrogens (tertiary/aromatic N) is 3. The van der Waals surface area contributed by atoms with Crippen LogP contribution in [0.5, 0.6) is 0 Å². The van der Waals surface area contributed by atoms with Crippen LogP contribution in [0, 0.1) is 11.3 Å². The number of aromatic nitrogens is 1. The van der Waals surface area contributed by atoms with Crippen LogP contribution in [0.15, 0.2) is 18.5 Å². The Morgan fingerprint density at radius 3 is 3.07 bits per heavy atom. The van der Waals surface area contributed by atoms with Crippen LogP contribution in [-0.4, -0.2) is 31.5 Å². The Bertz CT molecular complexity index is 397. The van der Waals surface area contributed by atoms with Gasteiger partial charge in [-0.15, -0.1) is 0 Å². The number of anilines is 1. The smallest absolute Gasteiger partial charge is 0.239 e. The van der Waals surface area contributed by atoms with Crippen molar-refractivity contribution in [1.82, 2.24) is 10.3 Å². The van der Waals surface area contributed by atoms with Gasteiger partial charge in [0.05, 0.1) is 24.0 Å². The zero-order valence-corrected chi connectivity index (χ0v) is 8.69. The van der Waals surface area contributed by atoms with Gasteiger partial charge in [0.15, 0.2) is 0 Å². The van der Waals surface area contributed by atoms with Gasteiger partial charge in [-0.25, -0.2) is 0 Å². The minimum atomic E-state index is -0.106. The first-order chi connectivity index (χ1) is 7.19. The molecule has 78 valence electrons. The lowest BCUT2D eigenvalue weighted by molar-refractivity contribution is -0.119. The van der Waals surface area contributed by atoms with Gasteiger partial charge in [0.25, 0.3) is 0 Å². The second-order valence-corrected chi connectivity index (χ2v) is 3.03. The molecule has 0 fully saturated rings. The Morgan fingerprint density at radius 2 is 2.47 bits per heavy atom. The van der Waals surface area contributed by atoms with E-state index in [9.17, 15) is 4.79 Å². The van der Waals surface area contributed by atoms with E-state index >= 15 is 0 Å². The minimum Gasteiger partial charge on any atom is -0.363 e. The highest BCUT2D eigenvalue weighted by Gasteiger charge is 2.09. The van der Waals surface area contributed by atoms with Crippen LogP contribution < -0.4 is 10.2 Å². The maximum atomic E-state index is 11.1. The molecule has 0 atom stereocenters. The van der Waals surface area contributed by atoms with Crippen LogP contribution in [0.3, 0.4) is 0 Å². The molecule has 15 heavy (non-hydrogen) atoms. The first kappa shape index (κ1) is 11.0. The van der Waals surface area contributed by atoms with Crippen LogP contribution in [0.2, 0.25) is 0 Å². The lowest BCUT2D eigenvalue weighted by Gasteiger charge is -2.18. The Labute approximate surface area is 88.3 Å². The fourth-order valence-electron chi connectivity index (χ4n) is 1.16. The summed E-state index contributed by atoms with van der Waals surface area (Å²) < 4.78 is 0. The quantitative estimate of drug-likeness (QED) is 0.760. The first-order valence-electron chi connectivity index (χ1n) is 4.45. The van der Waals surface area contributed by atoms with Gasteiger partial charge >= 0.3 is 0 Å². The average Bonchev–Trinajstić information content (AvgIpc) is 2.28. The van der Waals surface area contributed by atoms with Crippen molar-refractivity contribution in [1.29, 1.82) is 5.26 Å². The van der Waals surface area contributed by atoms with E-state index in [4.69, 9.17) is 5.26 Å². The SMILES string of the molecule is CNC(=O)CN(C)c1cnccc1C#N. The van der Waals surface area contributed by atoms with E-state index < -0.39 is 0 Å². The minimum absolute atomic E-state index is 0.106. The molecule has 1 N–H and O–H groups in total. The standard InChI is InChI=1S/C10H12N4O/c1-12-10(15)7-14(2)9-6-13-4-3-8(9)5-11/h3-4,6H,7H2,1-2H3,(H,12,15). The summed E-state index contributed by atoms with van der Waals surface area (Å²) in [7, 11) is 3.32. The third-order valence-corrected chi connectivity index (χ3v) is 1.99. The monoisotopic (exact) mass is 204 g/mol. The van der Waals surface area contributed by atoms with E-state index in [1.54, 1.807) is 37.5 Å². The van der Waals surface area contributed by atoms with E-state index in [1.807, 2.05) is 0 Å². The molecule has 0 aromatic carbocycles. The number of carbonyl (C=O) groups excluding carboxylic acids is 1. The molecule has 1 aromatic heterocycles. The summed E-state index contributed by atoms with van der Waals surface area (Å²) in [5.41, 5.74) is 1.17. The first-order valence-corrected chi connectivity index (χ1v) is 4.45. The molecule has 1 aromatic rings. The van der Waals surface area contributed by atoms with E-state index in [0.29, 0.717) is 11.3 Å².